The number of aliphatic imine (C=N–C) groups is 1. The van der Waals surface area contributed by atoms with Crippen LogP contribution in [0.4, 0.5) is 4.39 Å². The molecule has 7 rings (SSSR count). The predicted molar refractivity (Wildman–Crippen MR) is 161 cm³/mol. The van der Waals surface area contributed by atoms with Gasteiger partial charge in [0.25, 0.3) is 6.41 Å². The molecule has 4 aromatic rings. The van der Waals surface area contributed by atoms with Crippen LogP contribution in [0.2, 0.25) is 0 Å². The van der Waals surface area contributed by atoms with Crippen molar-refractivity contribution in [3.63, 3.8) is 0 Å². The number of nitrogens with zero attached hydrogens (tertiary/aromatic N) is 5. The van der Waals surface area contributed by atoms with Gasteiger partial charge in [-0.15, -0.1) is 0 Å². The Balaban J connectivity index is 1.02. The Kier molecular flexibility index (Phi) is 8.11. The van der Waals surface area contributed by atoms with Gasteiger partial charge in [-0.25, -0.2) is 29.7 Å². The van der Waals surface area contributed by atoms with Crippen molar-refractivity contribution in [3.8, 4) is 5.88 Å². The first-order chi connectivity index (χ1) is 21.0. The highest BCUT2D eigenvalue weighted by Crippen LogP contribution is 2.30. The van der Waals surface area contributed by atoms with Gasteiger partial charge < -0.3 is 19.1 Å². The lowest BCUT2D eigenvalue weighted by Gasteiger charge is -2.32. The fourth-order valence-electron chi connectivity index (χ4n) is 5.80. The maximum atomic E-state index is 14.2. The third kappa shape index (κ3) is 6.29. The van der Waals surface area contributed by atoms with Crippen LogP contribution in [0.1, 0.15) is 47.8 Å². The number of aromatic nitrogens is 3. The maximum absolute atomic E-state index is 14.2. The van der Waals surface area contributed by atoms with E-state index in [0.717, 1.165) is 80.2 Å². The number of nitrogens with one attached hydrogen (secondary N) is 1. The molecule has 2 N–H and O–H groups in total. The van der Waals surface area contributed by atoms with E-state index < -0.39 is 6.41 Å². The normalized spacial score (nSPS) is 21.0. The average Bonchev–Trinajstić information content (AvgIpc) is 3.57. The summed E-state index contributed by atoms with van der Waals surface area (Å²) < 4.78 is 28.8. The van der Waals surface area contributed by atoms with E-state index >= 15 is 0 Å². The summed E-state index contributed by atoms with van der Waals surface area (Å²) in [6, 6.07) is 16.7. The van der Waals surface area contributed by atoms with Gasteiger partial charge in [-0.05, 0) is 68.8 Å². The molecule has 224 valence electrons. The van der Waals surface area contributed by atoms with Gasteiger partial charge in [-0.2, -0.15) is 0 Å². The minimum absolute atomic E-state index is 0.128. The highest BCUT2D eigenvalue weighted by Gasteiger charge is 2.26. The molecule has 0 spiro atoms. The number of benzene rings is 2. The summed E-state index contributed by atoms with van der Waals surface area (Å²) in [5, 5.41) is 9.63. The molecule has 2 fully saturated rings. The van der Waals surface area contributed by atoms with Crippen molar-refractivity contribution in [1.82, 2.24) is 24.9 Å². The molecule has 3 aliphatic heterocycles. The van der Waals surface area contributed by atoms with Gasteiger partial charge in [0.2, 0.25) is 5.88 Å². The minimum atomic E-state index is -1.20. The Morgan fingerprint density at radius 2 is 1.93 bits per heavy atom. The van der Waals surface area contributed by atoms with Crippen molar-refractivity contribution in [2.24, 2.45) is 4.99 Å². The third-order valence-corrected chi connectivity index (χ3v) is 8.78. The number of pyridine rings is 1. The van der Waals surface area contributed by atoms with Crippen molar-refractivity contribution in [1.29, 1.82) is 0 Å². The van der Waals surface area contributed by atoms with Crippen LogP contribution >= 0.6 is 15.9 Å². The van der Waals surface area contributed by atoms with Crippen LogP contribution in [-0.2, 0) is 29.3 Å². The van der Waals surface area contributed by atoms with Crippen LogP contribution in [0.25, 0.3) is 11.0 Å². The highest BCUT2D eigenvalue weighted by molar-refractivity contribution is 9.10. The number of imidazole rings is 1. The van der Waals surface area contributed by atoms with E-state index in [1.807, 2.05) is 30.3 Å². The van der Waals surface area contributed by atoms with E-state index in [0.29, 0.717) is 27.7 Å². The summed E-state index contributed by atoms with van der Waals surface area (Å²) in [6.45, 7) is 4.24. The fourth-order valence-corrected chi connectivity index (χ4v) is 6.13. The number of halogens is 2. The number of hydroxylamine groups is 1. The van der Waals surface area contributed by atoms with E-state index in [9.17, 15) is 9.50 Å². The molecule has 0 aliphatic carbocycles. The number of piperidine rings is 1. The van der Waals surface area contributed by atoms with E-state index in [-0.39, 0.29) is 18.5 Å². The summed E-state index contributed by atoms with van der Waals surface area (Å²) in [4.78, 5) is 21.3. The highest BCUT2D eigenvalue weighted by atomic mass is 79.9. The Morgan fingerprint density at radius 3 is 2.67 bits per heavy atom. The second kappa shape index (κ2) is 12.3. The molecule has 0 saturated carbocycles. The second-order valence-corrected chi connectivity index (χ2v) is 12.0. The Bertz CT molecular complexity index is 1650. The first-order valence-corrected chi connectivity index (χ1v) is 15.3. The third-order valence-electron chi connectivity index (χ3n) is 8.29. The lowest BCUT2D eigenvalue weighted by molar-refractivity contribution is -0.102. The molecule has 43 heavy (non-hydrogen) atoms. The molecule has 12 heteroatoms. The Morgan fingerprint density at radius 1 is 1.07 bits per heavy atom. The summed E-state index contributed by atoms with van der Waals surface area (Å²) in [6.07, 6.45) is 1.96. The molecule has 2 aromatic carbocycles. The van der Waals surface area contributed by atoms with Crippen LogP contribution in [0.5, 0.6) is 5.88 Å². The molecule has 5 heterocycles. The Hall–Kier alpha value is -3.42. The molecule has 0 amide bonds. The maximum Gasteiger partial charge on any atom is 0.280 e. The van der Waals surface area contributed by atoms with Gasteiger partial charge in [-0.3, -0.25) is 4.90 Å². The number of amidine groups is 1. The zero-order valence-corrected chi connectivity index (χ0v) is 25.0. The largest absolute Gasteiger partial charge is 0.473 e. The van der Waals surface area contributed by atoms with Crippen LogP contribution in [0.15, 0.2) is 64.1 Å². The molecule has 0 radical (unpaired) electrons. The number of rotatable bonds is 9. The summed E-state index contributed by atoms with van der Waals surface area (Å²) in [5.41, 5.74) is 6.94. The van der Waals surface area contributed by atoms with Crippen molar-refractivity contribution < 1.29 is 23.8 Å². The zero-order chi connectivity index (χ0) is 29.3. The number of fused-ring (bicyclic) bond motifs is 1. The first kappa shape index (κ1) is 28.4. The summed E-state index contributed by atoms with van der Waals surface area (Å²) >= 11 is 3.29. The van der Waals surface area contributed by atoms with Gasteiger partial charge in [-0.1, -0.05) is 28.1 Å². The van der Waals surface area contributed by atoms with Gasteiger partial charge in [0.15, 0.2) is 5.84 Å². The van der Waals surface area contributed by atoms with Gasteiger partial charge in [0.1, 0.15) is 18.2 Å². The molecular weight excluding hydrogens is 619 g/mol. The van der Waals surface area contributed by atoms with E-state index in [2.05, 4.69) is 41.9 Å². The molecule has 1 unspecified atom stereocenters. The molecular formula is C31H32BrFN6O4. The fraction of sp³-hybridized carbons (Fsp3) is 0.387. The number of hydrogen-bond acceptors (Lipinski definition) is 9. The predicted octanol–water partition coefficient (Wildman–Crippen LogP) is 4.64. The second-order valence-electron chi connectivity index (χ2n) is 11.1. The van der Waals surface area contributed by atoms with Gasteiger partial charge in [0.05, 0.1) is 30.2 Å². The number of hydrogen-bond donors (Lipinski definition) is 2. The molecule has 2 aromatic heterocycles. The molecule has 10 nitrogen and oxygen atoms in total. The SMILES string of the molecule is OC1N=C(c2ccc3nc(CN4CCC(c5cccc(OCc6ccc(Br)cc6F)n5)CC4)n(C[C@@H]4CCO4)c3c2)NO1. The van der Waals surface area contributed by atoms with Crippen molar-refractivity contribution in [3.05, 3.63) is 87.5 Å². The molecule has 0 bridgehead atoms. The zero-order valence-electron chi connectivity index (χ0n) is 23.5. The Labute approximate surface area is 256 Å². The summed E-state index contributed by atoms with van der Waals surface area (Å²) in [5.74, 6) is 2.03. The number of ether oxygens (including phenoxy) is 2. The van der Waals surface area contributed by atoms with Crippen LogP contribution in [-0.4, -0.2) is 62.6 Å². The first-order valence-electron chi connectivity index (χ1n) is 14.5. The van der Waals surface area contributed by atoms with Gasteiger partial charge in [0, 0.05) is 39.9 Å². The van der Waals surface area contributed by atoms with E-state index in [4.69, 9.17) is 24.3 Å². The number of aliphatic hydroxyl groups is 1. The minimum Gasteiger partial charge on any atom is -0.473 e. The topological polar surface area (TPSA) is 106 Å². The molecule has 3 aliphatic rings. The van der Waals surface area contributed by atoms with Crippen molar-refractivity contribution in [2.45, 2.75) is 57.4 Å². The standard InChI is InChI=1S/C31H32BrFN6O4/c32-22-6-4-21(24(33)15-22)18-42-29-3-1-2-25(35-29)19-8-11-38(12-9-19)17-28-34-26-7-5-20(30-36-31(40)43-37-30)14-27(26)39(28)16-23-10-13-41-23/h1-7,14-15,19,23,31,40H,8-13,16-18H2,(H,36,37)/t23-,31?/m0/s1. The lowest BCUT2D eigenvalue weighted by atomic mass is 9.93. The van der Waals surface area contributed by atoms with E-state index in [1.54, 1.807) is 12.1 Å². The smallest absolute Gasteiger partial charge is 0.280 e. The summed E-state index contributed by atoms with van der Waals surface area (Å²) in [7, 11) is 0. The molecule has 2 saturated heterocycles. The monoisotopic (exact) mass is 650 g/mol. The number of likely N-dealkylation sites (tertiary alicyclic amines) is 1. The van der Waals surface area contributed by atoms with Crippen LogP contribution in [0, 0.1) is 5.82 Å². The number of aliphatic hydroxyl groups excluding tert-OH is 1. The average molecular weight is 652 g/mol. The van der Waals surface area contributed by atoms with Crippen LogP contribution < -0.4 is 10.2 Å². The van der Waals surface area contributed by atoms with Crippen molar-refractivity contribution >= 4 is 32.8 Å². The van der Waals surface area contributed by atoms with Gasteiger partial charge >= 0.3 is 0 Å². The van der Waals surface area contributed by atoms with E-state index in [1.165, 1.54) is 6.07 Å². The molecule has 2 atom stereocenters. The van der Waals surface area contributed by atoms with Crippen LogP contribution in [0.3, 0.4) is 0 Å². The quantitative estimate of drug-likeness (QED) is 0.270. The van der Waals surface area contributed by atoms with Crippen molar-refractivity contribution in [2.75, 3.05) is 19.7 Å². The lowest BCUT2D eigenvalue weighted by Crippen LogP contribution is -2.35.